The number of rotatable bonds is 8. The van der Waals surface area contributed by atoms with Gasteiger partial charge >= 0.3 is 0 Å². The summed E-state index contributed by atoms with van der Waals surface area (Å²) in [4.78, 5) is 11.7. The molecule has 19 heavy (non-hydrogen) atoms. The van der Waals surface area contributed by atoms with Gasteiger partial charge in [0.05, 0.1) is 17.1 Å². The van der Waals surface area contributed by atoms with E-state index in [-0.39, 0.29) is 19.1 Å². The molecule has 0 aliphatic rings. The minimum atomic E-state index is -0.0484. The summed E-state index contributed by atoms with van der Waals surface area (Å²) >= 11 is 0. The first-order chi connectivity index (χ1) is 9.06. The van der Waals surface area contributed by atoms with Crippen molar-refractivity contribution in [1.82, 2.24) is 15.1 Å². The number of nitrogen functional groups attached to an aromatic ring is 1. The first kappa shape index (κ1) is 15.5. The molecule has 0 atom stereocenters. The summed E-state index contributed by atoms with van der Waals surface area (Å²) in [5.74, 6) is -0.0484. The predicted molar refractivity (Wildman–Crippen MR) is 74.7 cm³/mol. The molecule has 0 unspecified atom stereocenters. The Labute approximate surface area is 114 Å². The topological polar surface area (TPSA) is 93.2 Å². The minimum Gasteiger partial charge on any atom is -0.396 e. The maximum Gasteiger partial charge on any atom is 0.241 e. The fourth-order valence-corrected chi connectivity index (χ4v) is 1.87. The van der Waals surface area contributed by atoms with Gasteiger partial charge in [0.1, 0.15) is 6.54 Å². The van der Waals surface area contributed by atoms with Gasteiger partial charge in [-0.05, 0) is 26.7 Å². The fraction of sp³-hybridized carbons (Fsp3) is 0.692. The van der Waals surface area contributed by atoms with Crippen LogP contribution in [0.4, 0.5) is 5.69 Å². The molecule has 1 aromatic heterocycles. The summed E-state index contributed by atoms with van der Waals surface area (Å²) in [6.07, 6.45) is 3.79. The van der Waals surface area contributed by atoms with Crippen LogP contribution in [0.15, 0.2) is 0 Å². The van der Waals surface area contributed by atoms with Gasteiger partial charge in [-0.3, -0.25) is 9.48 Å². The van der Waals surface area contributed by atoms with Crippen LogP contribution >= 0.6 is 0 Å². The van der Waals surface area contributed by atoms with E-state index in [0.717, 1.165) is 37.1 Å². The molecular weight excluding hydrogens is 244 g/mol. The minimum absolute atomic E-state index is 0.0484. The molecule has 0 saturated carbocycles. The molecule has 0 aliphatic heterocycles. The molecule has 6 nitrogen and oxygen atoms in total. The Balaban J connectivity index is 2.26. The van der Waals surface area contributed by atoms with Crippen molar-refractivity contribution in [2.24, 2.45) is 0 Å². The van der Waals surface area contributed by atoms with E-state index in [0.29, 0.717) is 12.2 Å². The highest BCUT2D eigenvalue weighted by Gasteiger charge is 2.10. The fourth-order valence-electron chi connectivity index (χ4n) is 1.87. The summed E-state index contributed by atoms with van der Waals surface area (Å²) in [5.41, 5.74) is 8.05. The number of hydrogen-bond acceptors (Lipinski definition) is 4. The van der Waals surface area contributed by atoms with Gasteiger partial charge < -0.3 is 16.2 Å². The molecule has 1 rings (SSSR count). The monoisotopic (exact) mass is 268 g/mol. The van der Waals surface area contributed by atoms with Gasteiger partial charge in [0, 0.05) is 13.2 Å². The largest absolute Gasteiger partial charge is 0.396 e. The van der Waals surface area contributed by atoms with E-state index in [1.54, 1.807) is 4.68 Å². The zero-order valence-electron chi connectivity index (χ0n) is 11.8. The van der Waals surface area contributed by atoms with Gasteiger partial charge in [0.2, 0.25) is 5.91 Å². The summed E-state index contributed by atoms with van der Waals surface area (Å²) in [6, 6.07) is 0. The Hall–Kier alpha value is -1.56. The summed E-state index contributed by atoms with van der Waals surface area (Å²) in [6.45, 7) is 4.81. The Morgan fingerprint density at radius 3 is 2.58 bits per heavy atom. The molecule has 1 aromatic rings. The first-order valence-corrected chi connectivity index (χ1v) is 6.73. The standard InChI is InChI=1S/C13H24N4O2/c1-10-13(14)11(2)17(16-10)9-12(19)15-7-5-3-4-6-8-18/h18H,3-9,14H2,1-2H3,(H,15,19). The van der Waals surface area contributed by atoms with Gasteiger partial charge in [0.15, 0.2) is 0 Å². The van der Waals surface area contributed by atoms with Crippen molar-refractivity contribution in [2.75, 3.05) is 18.9 Å². The van der Waals surface area contributed by atoms with Crippen LogP contribution in [0.5, 0.6) is 0 Å². The molecule has 0 radical (unpaired) electrons. The number of aliphatic hydroxyl groups is 1. The number of hydrogen-bond donors (Lipinski definition) is 3. The second-order valence-electron chi connectivity index (χ2n) is 4.73. The van der Waals surface area contributed by atoms with E-state index in [1.807, 2.05) is 13.8 Å². The molecule has 6 heteroatoms. The highest BCUT2D eigenvalue weighted by molar-refractivity contribution is 5.75. The van der Waals surface area contributed by atoms with Gasteiger partial charge in [-0.1, -0.05) is 12.8 Å². The Morgan fingerprint density at radius 1 is 1.32 bits per heavy atom. The third kappa shape index (κ3) is 4.90. The zero-order valence-corrected chi connectivity index (χ0v) is 11.8. The average molecular weight is 268 g/mol. The maximum atomic E-state index is 11.7. The first-order valence-electron chi connectivity index (χ1n) is 6.73. The molecule has 1 amide bonds. The smallest absolute Gasteiger partial charge is 0.241 e. The number of nitrogens with two attached hydrogens (primary N) is 1. The molecule has 0 saturated heterocycles. The number of aliphatic hydroxyl groups excluding tert-OH is 1. The molecule has 108 valence electrons. The SMILES string of the molecule is Cc1nn(CC(=O)NCCCCCCO)c(C)c1N. The molecule has 0 aromatic carbocycles. The lowest BCUT2D eigenvalue weighted by Gasteiger charge is -2.06. The summed E-state index contributed by atoms with van der Waals surface area (Å²) in [7, 11) is 0. The molecule has 0 aliphatic carbocycles. The van der Waals surface area contributed by atoms with E-state index in [9.17, 15) is 4.79 Å². The van der Waals surface area contributed by atoms with Crippen LogP contribution in [0.1, 0.15) is 37.1 Å². The summed E-state index contributed by atoms with van der Waals surface area (Å²) in [5, 5.41) is 15.7. The third-order valence-corrected chi connectivity index (χ3v) is 3.14. The van der Waals surface area contributed by atoms with Gasteiger partial charge in [-0.15, -0.1) is 0 Å². The second-order valence-corrected chi connectivity index (χ2v) is 4.73. The van der Waals surface area contributed by atoms with Crippen molar-refractivity contribution in [3.8, 4) is 0 Å². The van der Waals surface area contributed by atoms with Crippen molar-refractivity contribution < 1.29 is 9.90 Å². The number of carbonyl (C=O) groups is 1. The lowest BCUT2D eigenvalue weighted by atomic mass is 10.2. The van der Waals surface area contributed by atoms with Crippen molar-refractivity contribution >= 4 is 11.6 Å². The van der Waals surface area contributed by atoms with E-state index in [4.69, 9.17) is 10.8 Å². The highest BCUT2D eigenvalue weighted by Crippen LogP contribution is 2.14. The van der Waals surface area contributed by atoms with Crippen LogP contribution in [0.2, 0.25) is 0 Å². The molecule has 0 fully saturated rings. The molecule has 1 heterocycles. The molecule has 0 bridgehead atoms. The number of unbranched alkanes of at least 4 members (excludes halogenated alkanes) is 3. The third-order valence-electron chi connectivity index (χ3n) is 3.14. The number of carbonyl (C=O) groups excluding carboxylic acids is 1. The van der Waals surface area contributed by atoms with Crippen LogP contribution in [-0.4, -0.2) is 33.9 Å². The van der Waals surface area contributed by atoms with E-state index >= 15 is 0 Å². The van der Waals surface area contributed by atoms with Crippen molar-refractivity contribution in [3.05, 3.63) is 11.4 Å². The quantitative estimate of drug-likeness (QED) is 0.607. The number of nitrogens with zero attached hydrogens (tertiary/aromatic N) is 2. The number of aromatic nitrogens is 2. The average Bonchev–Trinajstić information content (AvgIpc) is 2.61. The van der Waals surface area contributed by atoms with Crippen molar-refractivity contribution in [3.63, 3.8) is 0 Å². The number of anilines is 1. The number of amides is 1. The molecule has 0 spiro atoms. The van der Waals surface area contributed by atoms with Crippen LogP contribution in [0.3, 0.4) is 0 Å². The zero-order chi connectivity index (χ0) is 14.3. The van der Waals surface area contributed by atoms with Crippen LogP contribution in [0.25, 0.3) is 0 Å². The normalized spacial score (nSPS) is 10.7. The Kier molecular flexibility index (Phi) is 6.35. The maximum absolute atomic E-state index is 11.7. The van der Waals surface area contributed by atoms with E-state index < -0.39 is 0 Å². The number of nitrogens with one attached hydrogen (secondary N) is 1. The molecule has 4 N–H and O–H groups in total. The lowest BCUT2D eigenvalue weighted by Crippen LogP contribution is -2.29. The van der Waals surface area contributed by atoms with Crippen molar-refractivity contribution in [2.45, 2.75) is 46.1 Å². The van der Waals surface area contributed by atoms with Crippen LogP contribution in [-0.2, 0) is 11.3 Å². The van der Waals surface area contributed by atoms with Crippen LogP contribution < -0.4 is 11.1 Å². The Bertz CT molecular complexity index is 415. The predicted octanol–water partition coefficient (Wildman–Crippen LogP) is 0.751. The number of aryl methyl sites for hydroxylation is 1. The van der Waals surface area contributed by atoms with Crippen LogP contribution in [0, 0.1) is 13.8 Å². The van der Waals surface area contributed by atoms with Gasteiger partial charge in [-0.2, -0.15) is 5.10 Å². The van der Waals surface area contributed by atoms with E-state index in [2.05, 4.69) is 10.4 Å². The van der Waals surface area contributed by atoms with Gasteiger partial charge in [-0.25, -0.2) is 0 Å². The van der Waals surface area contributed by atoms with E-state index in [1.165, 1.54) is 0 Å². The highest BCUT2D eigenvalue weighted by atomic mass is 16.2. The second kappa shape index (κ2) is 7.78. The van der Waals surface area contributed by atoms with Gasteiger partial charge in [0.25, 0.3) is 0 Å². The molecular formula is C13H24N4O2. The van der Waals surface area contributed by atoms with Crippen molar-refractivity contribution in [1.29, 1.82) is 0 Å². The lowest BCUT2D eigenvalue weighted by molar-refractivity contribution is -0.121. The summed E-state index contributed by atoms with van der Waals surface area (Å²) < 4.78 is 1.63. The Morgan fingerprint density at radius 2 is 2.00 bits per heavy atom.